The molecular weight excluding hydrogens is 731 g/mol. The summed E-state index contributed by atoms with van der Waals surface area (Å²) >= 11 is 1.57. The van der Waals surface area contributed by atoms with Gasteiger partial charge in [0.05, 0.1) is 22.2 Å². The van der Waals surface area contributed by atoms with Crippen molar-refractivity contribution in [3.8, 4) is 10.4 Å². The minimum Gasteiger partial charge on any atom is -0.391 e. The monoisotopic (exact) mass is 789 g/mol. The maximum Gasteiger partial charge on any atom is 0.265 e. The summed E-state index contributed by atoms with van der Waals surface area (Å²) in [4.78, 5) is 72.0. The Bertz CT molecular complexity index is 1760. The number of hydrogen-bond acceptors (Lipinski definition) is 9. The van der Waals surface area contributed by atoms with Crippen molar-refractivity contribution >= 4 is 40.9 Å². The van der Waals surface area contributed by atoms with Crippen molar-refractivity contribution in [3.05, 3.63) is 76.4 Å². The van der Waals surface area contributed by atoms with Crippen LogP contribution in [0, 0.1) is 12.3 Å². The van der Waals surface area contributed by atoms with E-state index in [2.05, 4.69) is 38.7 Å². The Kier molecular flexibility index (Phi) is 17.0. The normalized spacial score (nSPS) is 15.9. The molecule has 304 valence electrons. The molecule has 1 aliphatic rings. The molecule has 4 rings (SSSR count). The van der Waals surface area contributed by atoms with Gasteiger partial charge in [0.15, 0.2) is 0 Å². The number of amides is 5. The number of nitrogens with one attached hydrogen (secondary N) is 5. The smallest absolute Gasteiger partial charge is 0.265 e. The predicted molar refractivity (Wildman–Crippen MR) is 218 cm³/mol. The van der Waals surface area contributed by atoms with E-state index >= 15 is 0 Å². The number of rotatable bonds is 20. The topological polar surface area (TPSA) is 182 Å². The quantitative estimate of drug-likeness (QED) is 0.0690. The summed E-state index contributed by atoms with van der Waals surface area (Å²) in [6.07, 6.45) is 4.98. The van der Waals surface area contributed by atoms with E-state index in [0.29, 0.717) is 24.9 Å². The van der Waals surface area contributed by atoms with Crippen LogP contribution in [0.1, 0.15) is 113 Å². The lowest BCUT2D eigenvalue weighted by Gasteiger charge is -2.35. The Morgan fingerprint density at radius 1 is 0.875 bits per heavy atom. The molecule has 3 aromatic rings. The lowest BCUT2D eigenvalue weighted by molar-refractivity contribution is -0.144. The Balaban J connectivity index is 1.18. The number of β-amino-alcohol motifs (C(OH)–C–C–N with tert-alkyl or cyclic N) is 1. The lowest BCUT2D eigenvalue weighted by atomic mass is 9.85. The number of nitrogens with zero attached hydrogens (tertiary/aromatic N) is 2. The molecule has 1 saturated heterocycles. The Labute approximate surface area is 334 Å². The van der Waals surface area contributed by atoms with E-state index in [4.69, 9.17) is 0 Å². The number of aliphatic hydroxyl groups excluding tert-OH is 1. The third kappa shape index (κ3) is 13.5. The van der Waals surface area contributed by atoms with Crippen LogP contribution in [-0.2, 0) is 32.3 Å². The Morgan fingerprint density at radius 2 is 1.52 bits per heavy atom. The van der Waals surface area contributed by atoms with Crippen molar-refractivity contribution in [1.29, 1.82) is 0 Å². The van der Waals surface area contributed by atoms with Gasteiger partial charge in [0.25, 0.3) is 5.91 Å². The van der Waals surface area contributed by atoms with Crippen LogP contribution in [0.5, 0.6) is 0 Å². The number of thiazole rings is 1. The first kappa shape index (κ1) is 44.1. The van der Waals surface area contributed by atoms with Crippen molar-refractivity contribution in [3.63, 3.8) is 0 Å². The van der Waals surface area contributed by atoms with Crippen molar-refractivity contribution < 1.29 is 29.1 Å². The maximum absolute atomic E-state index is 13.9. The molecule has 14 heteroatoms. The minimum atomic E-state index is -0.925. The number of carbonyl (C=O) groups excluding carboxylic acids is 5. The van der Waals surface area contributed by atoms with E-state index < -0.39 is 29.5 Å². The molecule has 0 spiro atoms. The second kappa shape index (κ2) is 21.6. The molecule has 0 radical (unpaired) electrons. The zero-order valence-electron chi connectivity index (χ0n) is 33.4. The lowest BCUT2D eigenvalue weighted by Crippen LogP contribution is -2.57. The number of likely N-dealkylation sites (tertiary alicyclic amines) is 1. The summed E-state index contributed by atoms with van der Waals surface area (Å²) in [6.45, 7) is 10.9. The molecule has 3 atom stereocenters. The number of carbonyl (C=O) groups is 5. The third-order valence-electron chi connectivity index (χ3n) is 9.83. The number of benzene rings is 2. The highest BCUT2D eigenvalue weighted by Crippen LogP contribution is 2.28. The van der Waals surface area contributed by atoms with Gasteiger partial charge in [-0.15, -0.1) is 11.3 Å². The zero-order chi connectivity index (χ0) is 40.7. The summed E-state index contributed by atoms with van der Waals surface area (Å²) in [5, 5.41) is 19.2. The molecule has 2 aromatic carbocycles. The highest BCUT2D eigenvalue weighted by molar-refractivity contribution is 7.13. The first-order valence-electron chi connectivity index (χ1n) is 19.7. The first-order valence-corrected chi connectivity index (χ1v) is 20.6. The van der Waals surface area contributed by atoms with Crippen LogP contribution in [0.3, 0.4) is 0 Å². The maximum atomic E-state index is 13.9. The van der Waals surface area contributed by atoms with Crippen LogP contribution in [0.4, 0.5) is 0 Å². The Hall–Kier alpha value is -4.66. The highest BCUT2D eigenvalue weighted by atomic mass is 32.1. The standard InChI is InChI=1S/C42H59N7O6S/c1-6-7-8-11-22-46-48-39(53)32-20-16-29(17-21-32)24-43-35(51)12-9-10-13-36(52)47-38(42(3,4)5)41(55)49-26-33(50)23-34(49)40(54)44-25-30-14-18-31(19-15-30)37-28(2)45-27-56-37/h14-21,27,33-34,38,46,50H,6-13,22-26H2,1-5H3,(H,43,51)(H,44,54)(H,47,52)(H,48,53)/t33-,34+,38-/m1/s1. The van der Waals surface area contributed by atoms with Crippen molar-refractivity contribution in [1.82, 2.24) is 36.7 Å². The molecule has 5 amide bonds. The summed E-state index contributed by atoms with van der Waals surface area (Å²) in [7, 11) is 0. The van der Waals surface area contributed by atoms with Gasteiger partial charge >= 0.3 is 0 Å². The van der Waals surface area contributed by atoms with E-state index in [0.717, 1.165) is 53.1 Å². The van der Waals surface area contributed by atoms with Gasteiger partial charge in [-0.25, -0.2) is 10.4 Å². The number of unbranched alkanes of at least 4 members (excludes halogenated alkanes) is 4. The molecular formula is C42H59N7O6S. The third-order valence-corrected chi connectivity index (χ3v) is 10.8. The van der Waals surface area contributed by atoms with Gasteiger partial charge < -0.3 is 26.0 Å². The molecule has 1 fully saturated rings. The van der Waals surface area contributed by atoms with Crippen molar-refractivity contribution in [2.75, 3.05) is 13.1 Å². The molecule has 13 nitrogen and oxygen atoms in total. The van der Waals surface area contributed by atoms with Crippen LogP contribution < -0.4 is 26.8 Å². The molecule has 0 saturated carbocycles. The number of aliphatic hydroxyl groups is 1. The van der Waals surface area contributed by atoms with Crippen LogP contribution in [0.15, 0.2) is 54.0 Å². The van der Waals surface area contributed by atoms with Crippen molar-refractivity contribution in [2.45, 2.75) is 124 Å². The molecule has 6 N–H and O–H groups in total. The minimum absolute atomic E-state index is 0.00636. The molecule has 1 aromatic heterocycles. The SMILES string of the molecule is CCCCCCNNC(=O)c1ccc(CNC(=O)CCCCC(=O)N[C@H](C(=O)N2C[C@H](O)C[C@H]2C(=O)NCc2ccc(-c3scnc3C)cc2)C(C)(C)C)cc1. The number of aromatic nitrogens is 1. The van der Waals surface area contributed by atoms with Crippen LogP contribution in [0.2, 0.25) is 0 Å². The van der Waals surface area contributed by atoms with E-state index in [-0.39, 0.29) is 56.0 Å². The van der Waals surface area contributed by atoms with Gasteiger partial charge in [-0.3, -0.25) is 29.4 Å². The highest BCUT2D eigenvalue weighted by Gasteiger charge is 2.44. The number of hydrogen-bond donors (Lipinski definition) is 6. The predicted octanol–water partition coefficient (Wildman–Crippen LogP) is 4.92. The second-order valence-electron chi connectivity index (χ2n) is 15.6. The van der Waals surface area contributed by atoms with Gasteiger partial charge in [-0.1, -0.05) is 83.4 Å². The van der Waals surface area contributed by atoms with E-state index in [1.807, 2.05) is 57.5 Å². The van der Waals surface area contributed by atoms with Crippen molar-refractivity contribution in [2.24, 2.45) is 5.41 Å². The van der Waals surface area contributed by atoms with Gasteiger partial charge in [0.2, 0.25) is 23.6 Å². The fraction of sp³-hybridized carbons (Fsp3) is 0.524. The van der Waals surface area contributed by atoms with Crippen LogP contribution >= 0.6 is 11.3 Å². The largest absolute Gasteiger partial charge is 0.391 e. The molecule has 0 aliphatic carbocycles. The molecule has 56 heavy (non-hydrogen) atoms. The van der Waals surface area contributed by atoms with Crippen LogP contribution in [0.25, 0.3) is 10.4 Å². The molecule has 1 aliphatic heterocycles. The molecule has 0 unspecified atom stereocenters. The fourth-order valence-corrected chi connectivity index (χ4v) is 7.31. The molecule has 2 heterocycles. The van der Waals surface area contributed by atoms with Gasteiger partial charge in [-0.05, 0) is 60.4 Å². The fourth-order valence-electron chi connectivity index (χ4n) is 6.50. The summed E-state index contributed by atoms with van der Waals surface area (Å²) < 4.78 is 0. The second-order valence-corrected chi connectivity index (χ2v) is 16.4. The zero-order valence-corrected chi connectivity index (χ0v) is 34.2. The van der Waals surface area contributed by atoms with E-state index in [1.54, 1.807) is 35.6 Å². The van der Waals surface area contributed by atoms with Gasteiger partial charge in [0, 0.05) is 51.0 Å². The van der Waals surface area contributed by atoms with Gasteiger partial charge in [-0.2, -0.15) is 0 Å². The van der Waals surface area contributed by atoms with Gasteiger partial charge in [0.1, 0.15) is 12.1 Å². The number of aryl methyl sites for hydroxylation is 1. The van der Waals surface area contributed by atoms with E-state index in [9.17, 15) is 29.1 Å². The molecule has 0 bridgehead atoms. The number of hydrazine groups is 1. The average molecular weight is 790 g/mol. The Morgan fingerprint density at radius 3 is 2.14 bits per heavy atom. The summed E-state index contributed by atoms with van der Waals surface area (Å²) in [5.41, 5.74) is 11.1. The first-order chi connectivity index (χ1) is 26.8. The summed E-state index contributed by atoms with van der Waals surface area (Å²) in [6, 6.07) is 13.1. The average Bonchev–Trinajstić information content (AvgIpc) is 3.79. The van der Waals surface area contributed by atoms with E-state index in [1.165, 1.54) is 11.3 Å². The van der Waals surface area contributed by atoms with Crippen LogP contribution in [-0.4, -0.2) is 75.8 Å². The summed E-state index contributed by atoms with van der Waals surface area (Å²) in [5.74, 6) is -1.48.